The van der Waals surface area contributed by atoms with E-state index < -0.39 is 0 Å². The van der Waals surface area contributed by atoms with Crippen molar-refractivity contribution in [3.8, 4) is 16.9 Å². The average molecular weight is 262 g/mol. The van der Waals surface area contributed by atoms with E-state index in [1.165, 1.54) is 12.3 Å². The van der Waals surface area contributed by atoms with Gasteiger partial charge in [-0.2, -0.15) is 0 Å². The molecule has 2 nitrogen and oxygen atoms in total. The SMILES string of the molecule is CC(=O)Oc1ccccc1-c1cccc2ccccc12. The molecule has 0 aliphatic carbocycles. The van der Waals surface area contributed by atoms with Crippen molar-refractivity contribution < 1.29 is 9.53 Å². The standard InChI is InChI=1S/C18H14O2/c1-13(19)20-18-12-5-4-10-17(18)16-11-6-8-14-7-2-3-9-15(14)16/h2-12H,1H3. The highest BCUT2D eigenvalue weighted by Crippen LogP contribution is 2.34. The van der Waals surface area contributed by atoms with Crippen LogP contribution >= 0.6 is 0 Å². The van der Waals surface area contributed by atoms with Gasteiger partial charge in [-0.1, -0.05) is 60.7 Å². The quantitative estimate of drug-likeness (QED) is 0.504. The number of fused-ring (bicyclic) bond motifs is 1. The van der Waals surface area contributed by atoms with Crippen LogP contribution in [0.3, 0.4) is 0 Å². The van der Waals surface area contributed by atoms with Gasteiger partial charge in [0.25, 0.3) is 0 Å². The number of benzene rings is 3. The van der Waals surface area contributed by atoms with Crippen LogP contribution in [0, 0.1) is 0 Å². The Morgan fingerprint density at radius 1 is 0.800 bits per heavy atom. The Labute approximate surface area is 117 Å². The second kappa shape index (κ2) is 5.17. The molecule has 0 N–H and O–H groups in total. The summed E-state index contributed by atoms with van der Waals surface area (Å²) in [6.07, 6.45) is 0. The number of para-hydroxylation sites is 1. The molecule has 0 aromatic heterocycles. The second-order valence-corrected chi connectivity index (χ2v) is 4.62. The molecule has 0 unspecified atom stereocenters. The summed E-state index contributed by atoms with van der Waals surface area (Å²) in [4.78, 5) is 11.2. The highest BCUT2D eigenvalue weighted by atomic mass is 16.5. The molecule has 3 aromatic carbocycles. The molecule has 0 atom stereocenters. The third kappa shape index (κ3) is 2.28. The van der Waals surface area contributed by atoms with Crippen LogP contribution in [-0.2, 0) is 4.79 Å². The van der Waals surface area contributed by atoms with Crippen LogP contribution in [0.15, 0.2) is 66.7 Å². The van der Waals surface area contributed by atoms with Crippen molar-refractivity contribution in [2.24, 2.45) is 0 Å². The van der Waals surface area contributed by atoms with Crippen LogP contribution in [0.5, 0.6) is 5.75 Å². The van der Waals surface area contributed by atoms with Crippen LogP contribution in [0.1, 0.15) is 6.92 Å². The summed E-state index contributed by atoms with van der Waals surface area (Å²) in [6, 6.07) is 21.9. The molecule has 0 aliphatic rings. The van der Waals surface area contributed by atoms with Gasteiger partial charge in [0.1, 0.15) is 5.75 Å². The zero-order valence-electron chi connectivity index (χ0n) is 11.2. The first-order valence-electron chi connectivity index (χ1n) is 6.51. The Bertz CT molecular complexity index is 770. The van der Waals surface area contributed by atoms with Crippen molar-refractivity contribution in [1.29, 1.82) is 0 Å². The lowest BCUT2D eigenvalue weighted by Gasteiger charge is -2.11. The van der Waals surface area contributed by atoms with E-state index in [1.807, 2.05) is 48.5 Å². The third-order valence-corrected chi connectivity index (χ3v) is 3.22. The summed E-state index contributed by atoms with van der Waals surface area (Å²) in [5.41, 5.74) is 2.00. The van der Waals surface area contributed by atoms with Crippen LogP contribution < -0.4 is 4.74 Å². The number of esters is 1. The number of rotatable bonds is 2. The predicted octanol–water partition coefficient (Wildman–Crippen LogP) is 4.43. The van der Waals surface area contributed by atoms with Crippen molar-refractivity contribution >= 4 is 16.7 Å². The highest BCUT2D eigenvalue weighted by molar-refractivity contribution is 5.98. The topological polar surface area (TPSA) is 26.3 Å². The highest BCUT2D eigenvalue weighted by Gasteiger charge is 2.10. The molecule has 0 fully saturated rings. The zero-order valence-corrected chi connectivity index (χ0v) is 11.2. The van der Waals surface area contributed by atoms with E-state index >= 15 is 0 Å². The number of carbonyl (C=O) groups excluding carboxylic acids is 1. The van der Waals surface area contributed by atoms with Gasteiger partial charge in [-0.3, -0.25) is 4.79 Å². The first kappa shape index (κ1) is 12.4. The fourth-order valence-corrected chi connectivity index (χ4v) is 2.39. The van der Waals surface area contributed by atoms with Crippen molar-refractivity contribution in [3.05, 3.63) is 66.7 Å². The average Bonchev–Trinajstić information content (AvgIpc) is 2.47. The maximum atomic E-state index is 11.2. The monoisotopic (exact) mass is 262 g/mol. The first-order chi connectivity index (χ1) is 9.75. The lowest BCUT2D eigenvalue weighted by molar-refractivity contribution is -0.131. The van der Waals surface area contributed by atoms with E-state index in [4.69, 9.17) is 4.74 Å². The fraction of sp³-hybridized carbons (Fsp3) is 0.0556. The van der Waals surface area contributed by atoms with Crippen LogP contribution in [0.4, 0.5) is 0 Å². The number of hydrogen-bond acceptors (Lipinski definition) is 2. The van der Waals surface area contributed by atoms with Gasteiger partial charge in [-0.15, -0.1) is 0 Å². The predicted molar refractivity (Wildman–Crippen MR) is 80.7 cm³/mol. The number of ether oxygens (including phenoxy) is 1. The van der Waals surface area contributed by atoms with Gasteiger partial charge >= 0.3 is 5.97 Å². The molecule has 0 amide bonds. The number of hydrogen-bond donors (Lipinski definition) is 0. The first-order valence-corrected chi connectivity index (χ1v) is 6.51. The smallest absolute Gasteiger partial charge is 0.308 e. The van der Waals surface area contributed by atoms with Gasteiger partial charge in [-0.25, -0.2) is 0 Å². The molecule has 2 heteroatoms. The summed E-state index contributed by atoms with van der Waals surface area (Å²) in [7, 11) is 0. The van der Waals surface area contributed by atoms with Crippen LogP contribution in [-0.4, -0.2) is 5.97 Å². The lowest BCUT2D eigenvalue weighted by Crippen LogP contribution is -2.02. The van der Waals surface area contributed by atoms with E-state index in [-0.39, 0.29) is 5.97 Å². The molecule has 0 saturated carbocycles. The Morgan fingerprint density at radius 2 is 1.45 bits per heavy atom. The van der Waals surface area contributed by atoms with Crippen molar-refractivity contribution in [1.82, 2.24) is 0 Å². The Hall–Kier alpha value is -2.61. The minimum atomic E-state index is -0.308. The molecule has 20 heavy (non-hydrogen) atoms. The largest absolute Gasteiger partial charge is 0.426 e. The molecule has 0 spiro atoms. The maximum Gasteiger partial charge on any atom is 0.308 e. The zero-order chi connectivity index (χ0) is 13.9. The summed E-state index contributed by atoms with van der Waals surface area (Å²) >= 11 is 0. The molecule has 0 radical (unpaired) electrons. The normalized spacial score (nSPS) is 10.4. The fourth-order valence-electron chi connectivity index (χ4n) is 2.39. The van der Waals surface area contributed by atoms with Gasteiger partial charge in [-0.05, 0) is 22.4 Å². The van der Waals surface area contributed by atoms with E-state index in [9.17, 15) is 4.79 Å². The molecule has 0 heterocycles. The molecule has 0 saturated heterocycles. The molecule has 98 valence electrons. The lowest BCUT2D eigenvalue weighted by atomic mass is 9.98. The van der Waals surface area contributed by atoms with Crippen molar-refractivity contribution in [2.45, 2.75) is 6.92 Å². The van der Waals surface area contributed by atoms with Crippen molar-refractivity contribution in [3.63, 3.8) is 0 Å². The van der Waals surface area contributed by atoms with Gasteiger partial charge in [0.15, 0.2) is 0 Å². The summed E-state index contributed by atoms with van der Waals surface area (Å²) in [5.74, 6) is 0.286. The van der Waals surface area contributed by atoms with E-state index in [0.29, 0.717) is 5.75 Å². The van der Waals surface area contributed by atoms with Gasteiger partial charge in [0, 0.05) is 12.5 Å². The summed E-state index contributed by atoms with van der Waals surface area (Å²) < 4.78 is 5.31. The van der Waals surface area contributed by atoms with Gasteiger partial charge < -0.3 is 4.74 Å². The molecular formula is C18H14O2. The maximum absolute atomic E-state index is 11.2. The molecular weight excluding hydrogens is 248 g/mol. The second-order valence-electron chi connectivity index (χ2n) is 4.62. The molecule has 0 bridgehead atoms. The minimum Gasteiger partial charge on any atom is -0.426 e. The summed E-state index contributed by atoms with van der Waals surface area (Å²) in [6.45, 7) is 1.42. The molecule has 3 rings (SSSR count). The number of carbonyl (C=O) groups is 1. The Balaban J connectivity index is 2.23. The Kier molecular flexibility index (Phi) is 3.21. The Morgan fingerprint density at radius 3 is 2.30 bits per heavy atom. The molecule has 0 aliphatic heterocycles. The van der Waals surface area contributed by atoms with E-state index in [0.717, 1.165) is 16.5 Å². The van der Waals surface area contributed by atoms with Gasteiger partial charge in [0.2, 0.25) is 0 Å². The van der Waals surface area contributed by atoms with Crippen LogP contribution in [0.2, 0.25) is 0 Å². The molecule has 3 aromatic rings. The minimum absolute atomic E-state index is 0.308. The third-order valence-electron chi connectivity index (χ3n) is 3.22. The summed E-state index contributed by atoms with van der Waals surface area (Å²) in [5, 5.41) is 2.32. The van der Waals surface area contributed by atoms with Gasteiger partial charge in [0.05, 0.1) is 0 Å². The van der Waals surface area contributed by atoms with Crippen molar-refractivity contribution in [2.75, 3.05) is 0 Å². The van der Waals surface area contributed by atoms with E-state index in [2.05, 4.69) is 18.2 Å². The van der Waals surface area contributed by atoms with Crippen LogP contribution in [0.25, 0.3) is 21.9 Å². The van der Waals surface area contributed by atoms with E-state index in [1.54, 1.807) is 0 Å².